The van der Waals surface area contributed by atoms with Crippen molar-refractivity contribution in [2.75, 3.05) is 27.2 Å². The molecule has 0 spiro atoms. The molecule has 0 aliphatic rings. The van der Waals surface area contributed by atoms with Gasteiger partial charge in [0.1, 0.15) is 5.76 Å². The second-order valence-electron chi connectivity index (χ2n) is 8.13. The van der Waals surface area contributed by atoms with Crippen molar-refractivity contribution >= 4 is 17.2 Å². The van der Waals surface area contributed by atoms with Crippen LogP contribution in [0.1, 0.15) is 75.9 Å². The average molecular weight is 447 g/mol. The molecule has 0 radical (unpaired) electrons. The van der Waals surface area contributed by atoms with Gasteiger partial charge >= 0.3 is 0 Å². The molecule has 4 nitrogen and oxygen atoms in total. The number of carbonyl (C=O) groups excluding carboxylic acids is 1. The first-order valence-electron chi connectivity index (χ1n) is 11.5. The zero-order valence-corrected chi connectivity index (χ0v) is 21.2. The molecule has 1 aromatic rings. The molecule has 174 valence electrons. The Hall–Kier alpha value is -1.85. The Balaban J connectivity index is 2.63. The number of nitrogens with one attached hydrogen (secondary N) is 1. The van der Waals surface area contributed by atoms with Gasteiger partial charge in [-0.2, -0.15) is 0 Å². The minimum absolute atomic E-state index is 0.0609. The van der Waals surface area contributed by atoms with Gasteiger partial charge in [0.2, 0.25) is 0 Å². The zero-order valence-electron chi connectivity index (χ0n) is 20.4. The summed E-state index contributed by atoms with van der Waals surface area (Å²) in [5, 5.41) is 5.22. The second kappa shape index (κ2) is 15.9. The van der Waals surface area contributed by atoms with Gasteiger partial charge in [0, 0.05) is 19.1 Å². The van der Waals surface area contributed by atoms with Gasteiger partial charge in [-0.15, -0.1) is 11.3 Å². The number of methoxy groups -OCH3 is 1. The molecule has 1 heterocycles. The highest BCUT2D eigenvalue weighted by molar-refractivity contribution is 7.12. The van der Waals surface area contributed by atoms with Crippen molar-refractivity contribution in [3.63, 3.8) is 0 Å². The number of unbranched alkanes of at least 4 members (excludes halogenated alkanes) is 3. The molecule has 0 fully saturated rings. The first-order chi connectivity index (χ1) is 14.9. The highest BCUT2D eigenvalue weighted by atomic mass is 32.1. The second-order valence-corrected chi connectivity index (χ2v) is 9.08. The average Bonchev–Trinajstić information content (AvgIpc) is 3.31. The lowest BCUT2D eigenvalue weighted by atomic mass is 10.0. The van der Waals surface area contributed by atoms with E-state index < -0.39 is 0 Å². The highest BCUT2D eigenvalue weighted by Crippen LogP contribution is 2.16. The van der Waals surface area contributed by atoms with Crippen LogP contribution in [-0.2, 0) is 4.74 Å². The largest absolute Gasteiger partial charge is 0.496 e. The number of likely N-dealkylation sites (N-methyl/N-ethyl adjacent to an activating group) is 1. The standard InChI is InChI=1S/C26H42N2O2S/c1-7-9-10-11-14-23(27-26(29)25-15-12-20-31-25)17-19-28(5)18-16-21(3)22(4)24(30-6)13-8-2/h8,12-13,15-16,20,23H,7,9-11,14,17-19H2,1-6H3,(H,27,29)/b13-8-,21-16+,24-22+. The van der Waals surface area contributed by atoms with Crippen LogP contribution in [-0.4, -0.2) is 44.1 Å². The number of hydrogen-bond acceptors (Lipinski definition) is 4. The summed E-state index contributed by atoms with van der Waals surface area (Å²) in [4.78, 5) is 15.6. The minimum atomic E-state index is 0.0609. The van der Waals surface area contributed by atoms with Crippen LogP contribution in [0.25, 0.3) is 0 Å². The van der Waals surface area contributed by atoms with Crippen LogP contribution in [0.4, 0.5) is 0 Å². The summed E-state index contributed by atoms with van der Waals surface area (Å²) in [5.41, 5.74) is 2.38. The molecule has 0 saturated carbocycles. The summed E-state index contributed by atoms with van der Waals surface area (Å²) in [6, 6.07) is 4.04. The summed E-state index contributed by atoms with van der Waals surface area (Å²) in [5.74, 6) is 0.966. The van der Waals surface area contributed by atoms with Crippen LogP contribution in [0.2, 0.25) is 0 Å². The molecule has 0 aromatic carbocycles. The molecule has 1 unspecified atom stereocenters. The molecule has 5 heteroatoms. The summed E-state index contributed by atoms with van der Waals surface area (Å²) >= 11 is 1.50. The fourth-order valence-corrected chi connectivity index (χ4v) is 4.00. The van der Waals surface area contributed by atoms with E-state index in [1.165, 1.54) is 42.6 Å². The van der Waals surface area contributed by atoms with Crippen molar-refractivity contribution in [3.05, 3.63) is 57.5 Å². The van der Waals surface area contributed by atoms with Crippen LogP contribution in [0.5, 0.6) is 0 Å². The number of nitrogens with zero attached hydrogens (tertiary/aromatic N) is 1. The van der Waals surface area contributed by atoms with Crippen molar-refractivity contribution in [1.29, 1.82) is 0 Å². The third-order valence-corrected chi connectivity index (χ3v) is 6.42. The SMILES string of the molecule is C\C=C/C(OC)=C(C)\C(C)=C\CN(C)CCC(CCCCCC)NC(=O)c1cccs1. The number of amides is 1. The zero-order chi connectivity index (χ0) is 23.1. The van der Waals surface area contributed by atoms with E-state index in [0.29, 0.717) is 0 Å². The van der Waals surface area contributed by atoms with E-state index in [1.54, 1.807) is 7.11 Å². The van der Waals surface area contributed by atoms with Gasteiger partial charge in [-0.1, -0.05) is 50.8 Å². The molecule has 0 saturated heterocycles. The van der Waals surface area contributed by atoms with E-state index in [4.69, 9.17) is 4.74 Å². The summed E-state index contributed by atoms with van der Waals surface area (Å²) in [6.45, 7) is 10.3. The Labute approximate surface area is 194 Å². The van der Waals surface area contributed by atoms with Crippen molar-refractivity contribution < 1.29 is 9.53 Å². The maximum Gasteiger partial charge on any atom is 0.261 e. The molecule has 1 N–H and O–H groups in total. The summed E-state index contributed by atoms with van der Waals surface area (Å²) in [7, 11) is 3.85. The van der Waals surface area contributed by atoms with Crippen molar-refractivity contribution in [1.82, 2.24) is 10.2 Å². The first kappa shape index (κ1) is 27.2. The third kappa shape index (κ3) is 10.8. The number of thiophene rings is 1. The fraction of sp³-hybridized carbons (Fsp3) is 0.577. The molecule has 0 aliphatic carbocycles. The van der Waals surface area contributed by atoms with E-state index in [1.807, 2.05) is 36.6 Å². The van der Waals surface area contributed by atoms with Gasteiger partial charge < -0.3 is 15.0 Å². The van der Waals surface area contributed by atoms with E-state index in [-0.39, 0.29) is 11.9 Å². The lowest BCUT2D eigenvalue weighted by molar-refractivity contribution is 0.0934. The highest BCUT2D eigenvalue weighted by Gasteiger charge is 2.15. The van der Waals surface area contributed by atoms with Crippen LogP contribution in [0, 0.1) is 0 Å². The molecule has 1 atom stereocenters. The molecular weight excluding hydrogens is 404 g/mol. The predicted molar refractivity (Wildman–Crippen MR) is 135 cm³/mol. The molecule has 1 amide bonds. The Morgan fingerprint density at radius 1 is 1.26 bits per heavy atom. The fourth-order valence-electron chi connectivity index (χ4n) is 3.38. The maximum absolute atomic E-state index is 12.5. The monoisotopic (exact) mass is 446 g/mol. The smallest absolute Gasteiger partial charge is 0.261 e. The van der Waals surface area contributed by atoms with E-state index in [0.717, 1.165) is 42.1 Å². The van der Waals surface area contributed by atoms with Gasteiger partial charge in [-0.25, -0.2) is 0 Å². The summed E-state index contributed by atoms with van der Waals surface area (Å²) < 4.78 is 5.48. The lowest BCUT2D eigenvalue weighted by Gasteiger charge is -2.22. The predicted octanol–water partition coefficient (Wildman–Crippen LogP) is 6.58. The molecular formula is C26H42N2O2S. The van der Waals surface area contributed by atoms with Gasteiger partial charge in [-0.3, -0.25) is 4.79 Å². The van der Waals surface area contributed by atoms with Gasteiger partial charge in [0.25, 0.3) is 5.91 Å². The van der Waals surface area contributed by atoms with Crippen LogP contribution >= 0.6 is 11.3 Å². The summed E-state index contributed by atoms with van der Waals surface area (Å²) in [6.07, 6.45) is 13.1. The molecule has 0 aliphatic heterocycles. The Morgan fingerprint density at radius 2 is 2.03 bits per heavy atom. The minimum Gasteiger partial charge on any atom is -0.496 e. The number of carbonyl (C=O) groups is 1. The molecule has 1 aromatic heterocycles. The van der Waals surface area contributed by atoms with Crippen LogP contribution < -0.4 is 5.32 Å². The number of hydrogen-bond donors (Lipinski definition) is 1. The van der Waals surface area contributed by atoms with Gasteiger partial charge in [0.05, 0.1) is 12.0 Å². The number of ether oxygens (including phenoxy) is 1. The van der Waals surface area contributed by atoms with E-state index in [9.17, 15) is 4.79 Å². The third-order valence-electron chi connectivity index (χ3n) is 5.55. The Bertz CT molecular complexity index is 720. The quantitative estimate of drug-likeness (QED) is 0.188. The van der Waals surface area contributed by atoms with Gasteiger partial charge in [-0.05, 0) is 69.3 Å². The van der Waals surface area contributed by atoms with Gasteiger partial charge in [0.15, 0.2) is 0 Å². The van der Waals surface area contributed by atoms with E-state index >= 15 is 0 Å². The van der Waals surface area contributed by atoms with Crippen LogP contribution in [0.15, 0.2) is 52.6 Å². The number of rotatable bonds is 15. The Morgan fingerprint density at radius 3 is 2.65 bits per heavy atom. The lowest BCUT2D eigenvalue weighted by Crippen LogP contribution is -2.37. The van der Waals surface area contributed by atoms with Crippen molar-refractivity contribution in [3.8, 4) is 0 Å². The normalized spacial score (nSPS) is 14.1. The molecule has 1 rings (SSSR count). The first-order valence-corrected chi connectivity index (χ1v) is 12.4. The topological polar surface area (TPSA) is 41.6 Å². The van der Waals surface area contributed by atoms with Crippen molar-refractivity contribution in [2.24, 2.45) is 0 Å². The molecule has 0 bridgehead atoms. The maximum atomic E-state index is 12.5. The van der Waals surface area contributed by atoms with Crippen molar-refractivity contribution in [2.45, 2.75) is 72.3 Å². The Kier molecular flexibility index (Phi) is 13.9. The van der Waals surface area contributed by atoms with E-state index in [2.05, 4.69) is 44.1 Å². The molecule has 31 heavy (non-hydrogen) atoms. The van der Waals surface area contributed by atoms with Crippen LogP contribution in [0.3, 0.4) is 0 Å². The number of allylic oxidation sites excluding steroid dienone is 4.